The summed E-state index contributed by atoms with van der Waals surface area (Å²) in [6.07, 6.45) is 4.67. The monoisotopic (exact) mass is 503 g/mol. The fourth-order valence-corrected chi connectivity index (χ4v) is 4.54. The normalized spacial score (nSPS) is 13.4. The second-order valence-corrected chi connectivity index (χ2v) is 9.28. The van der Waals surface area contributed by atoms with Gasteiger partial charge in [-0.25, -0.2) is 9.97 Å². The molecule has 1 aliphatic rings. The van der Waals surface area contributed by atoms with Crippen LogP contribution in [-0.2, 0) is 17.9 Å². The number of carbonyl (C=O) groups is 1. The number of rotatable bonds is 7. The molecule has 5 rings (SSSR count). The van der Waals surface area contributed by atoms with Gasteiger partial charge in [0.1, 0.15) is 12.4 Å². The van der Waals surface area contributed by atoms with Crippen molar-refractivity contribution >= 4 is 45.6 Å². The Labute approximate surface area is 212 Å². The molecule has 10 heteroatoms. The first-order valence-corrected chi connectivity index (χ1v) is 12.1. The summed E-state index contributed by atoms with van der Waals surface area (Å²) in [5.41, 5.74) is 13.9. The van der Waals surface area contributed by atoms with Gasteiger partial charge in [0.15, 0.2) is 11.0 Å². The molecular weight excluding hydrogens is 478 g/mol. The van der Waals surface area contributed by atoms with Crippen LogP contribution in [0.25, 0.3) is 22.0 Å². The predicted molar refractivity (Wildman–Crippen MR) is 143 cm³/mol. The highest BCUT2D eigenvalue weighted by Crippen LogP contribution is 2.29. The van der Waals surface area contributed by atoms with Crippen LogP contribution in [0.5, 0.6) is 0 Å². The molecular formula is C26H26ClN7O2. The van der Waals surface area contributed by atoms with Crippen molar-refractivity contribution < 1.29 is 4.79 Å². The quantitative estimate of drug-likeness (QED) is 0.282. The number of carbonyl (C=O) groups excluding carboxylic acids is 1. The lowest BCUT2D eigenvalue weighted by Crippen LogP contribution is -2.37. The average Bonchev–Trinajstić information content (AvgIpc) is 2.83. The molecule has 0 radical (unpaired) electrons. The Hall–Kier alpha value is -4.11. The van der Waals surface area contributed by atoms with E-state index in [-0.39, 0.29) is 36.0 Å². The first kappa shape index (κ1) is 23.6. The lowest BCUT2D eigenvalue weighted by molar-refractivity contribution is -0.121. The Balaban J connectivity index is 1.43. The van der Waals surface area contributed by atoms with E-state index in [1.54, 1.807) is 30.5 Å². The summed E-state index contributed by atoms with van der Waals surface area (Å²) in [4.78, 5) is 34.9. The molecule has 4 aromatic rings. The third-order valence-electron chi connectivity index (χ3n) is 6.38. The SMILES string of the molecule is Nc1cccc(-c2c(Cl)nc(NC3CCC3)c(=O)n2CC(=O)NCc2ccc3ccnc(N)c3c2)c1. The van der Waals surface area contributed by atoms with Gasteiger partial charge in [0.05, 0.1) is 5.69 Å². The van der Waals surface area contributed by atoms with Crippen LogP contribution in [0.3, 0.4) is 0 Å². The molecule has 0 aliphatic heterocycles. The number of benzene rings is 2. The molecule has 0 unspecified atom stereocenters. The molecule has 36 heavy (non-hydrogen) atoms. The second-order valence-electron chi connectivity index (χ2n) is 8.92. The zero-order valence-corrected chi connectivity index (χ0v) is 20.3. The third kappa shape index (κ3) is 4.83. The maximum atomic E-state index is 13.4. The largest absolute Gasteiger partial charge is 0.399 e. The molecule has 0 bridgehead atoms. The molecule has 1 amide bonds. The molecule has 2 aromatic heterocycles. The van der Waals surface area contributed by atoms with Gasteiger partial charge >= 0.3 is 0 Å². The molecule has 0 spiro atoms. The molecule has 2 aromatic carbocycles. The van der Waals surface area contributed by atoms with Crippen LogP contribution >= 0.6 is 11.6 Å². The van der Waals surface area contributed by atoms with Gasteiger partial charge in [-0.3, -0.25) is 14.2 Å². The molecule has 1 fully saturated rings. The molecule has 1 saturated carbocycles. The maximum Gasteiger partial charge on any atom is 0.294 e. The number of amides is 1. The van der Waals surface area contributed by atoms with Crippen molar-refractivity contribution in [2.75, 3.05) is 16.8 Å². The van der Waals surface area contributed by atoms with Crippen LogP contribution in [0.4, 0.5) is 17.3 Å². The molecule has 0 saturated heterocycles. The molecule has 6 N–H and O–H groups in total. The first-order valence-electron chi connectivity index (χ1n) is 11.7. The molecule has 0 atom stereocenters. The van der Waals surface area contributed by atoms with E-state index in [1.807, 2.05) is 24.3 Å². The predicted octanol–water partition coefficient (Wildman–Crippen LogP) is 3.56. The number of hydrogen-bond acceptors (Lipinski definition) is 7. The van der Waals surface area contributed by atoms with Gasteiger partial charge in [0, 0.05) is 35.4 Å². The highest BCUT2D eigenvalue weighted by molar-refractivity contribution is 6.32. The van der Waals surface area contributed by atoms with Crippen LogP contribution in [0, 0.1) is 0 Å². The topological polar surface area (TPSA) is 141 Å². The molecule has 9 nitrogen and oxygen atoms in total. The number of pyridine rings is 1. The van der Waals surface area contributed by atoms with Crippen LogP contribution in [-0.4, -0.2) is 26.5 Å². The van der Waals surface area contributed by atoms with E-state index in [0.717, 1.165) is 35.6 Å². The van der Waals surface area contributed by atoms with Gasteiger partial charge in [-0.05, 0) is 54.5 Å². The van der Waals surface area contributed by atoms with Crippen LogP contribution in [0.15, 0.2) is 59.5 Å². The Morgan fingerprint density at radius 1 is 1.14 bits per heavy atom. The summed E-state index contributed by atoms with van der Waals surface area (Å²) < 4.78 is 1.35. The van der Waals surface area contributed by atoms with Crippen molar-refractivity contribution in [3.05, 3.63) is 75.8 Å². The van der Waals surface area contributed by atoms with E-state index in [2.05, 4.69) is 20.6 Å². The van der Waals surface area contributed by atoms with Gasteiger partial charge in [-0.2, -0.15) is 0 Å². The molecule has 1 aliphatic carbocycles. The zero-order chi connectivity index (χ0) is 25.2. The van der Waals surface area contributed by atoms with Gasteiger partial charge in [-0.15, -0.1) is 0 Å². The number of nitrogens with zero attached hydrogens (tertiary/aromatic N) is 3. The summed E-state index contributed by atoms with van der Waals surface area (Å²) in [6.45, 7) is 0.0271. The Bertz CT molecular complexity index is 1510. The van der Waals surface area contributed by atoms with Crippen LogP contribution < -0.4 is 27.7 Å². The fraction of sp³-hybridized carbons (Fsp3) is 0.231. The lowest BCUT2D eigenvalue weighted by Gasteiger charge is -2.27. The fourth-order valence-electron chi connectivity index (χ4n) is 4.24. The highest BCUT2D eigenvalue weighted by Gasteiger charge is 2.23. The number of fused-ring (bicyclic) bond motifs is 1. The van der Waals surface area contributed by atoms with E-state index in [0.29, 0.717) is 22.8 Å². The van der Waals surface area contributed by atoms with E-state index in [9.17, 15) is 9.59 Å². The standard InChI is InChI=1S/C26H26ClN7O2/c27-23-22(17-3-1-4-18(28)12-17)34(26(36)25(33-23)32-19-5-2-6-19)14-21(35)31-13-15-7-8-16-9-10-30-24(29)20(16)11-15/h1,3-4,7-12,19H,2,5-6,13-14,28H2,(H2,29,30)(H,31,35)(H,32,33). The number of nitrogens with one attached hydrogen (secondary N) is 2. The van der Waals surface area contributed by atoms with Gasteiger partial charge in [0.25, 0.3) is 5.56 Å². The Morgan fingerprint density at radius 3 is 2.72 bits per heavy atom. The first-order chi connectivity index (χ1) is 17.4. The minimum Gasteiger partial charge on any atom is -0.399 e. The van der Waals surface area contributed by atoms with Crippen molar-refractivity contribution in [3.8, 4) is 11.3 Å². The molecule has 2 heterocycles. The van der Waals surface area contributed by atoms with Gasteiger partial charge in [0.2, 0.25) is 5.91 Å². The molecule has 184 valence electrons. The highest BCUT2D eigenvalue weighted by atomic mass is 35.5. The number of anilines is 3. The average molecular weight is 504 g/mol. The summed E-state index contributed by atoms with van der Waals surface area (Å²) in [5.74, 6) is 0.220. The van der Waals surface area contributed by atoms with Crippen molar-refractivity contribution in [2.24, 2.45) is 0 Å². The second kappa shape index (κ2) is 9.87. The van der Waals surface area contributed by atoms with E-state index >= 15 is 0 Å². The number of hydrogen-bond donors (Lipinski definition) is 4. The number of aromatic nitrogens is 3. The van der Waals surface area contributed by atoms with Gasteiger partial charge < -0.3 is 22.1 Å². The zero-order valence-electron chi connectivity index (χ0n) is 19.5. The lowest BCUT2D eigenvalue weighted by atomic mass is 9.93. The number of halogens is 1. The van der Waals surface area contributed by atoms with Gasteiger partial charge in [-0.1, -0.05) is 35.9 Å². The maximum absolute atomic E-state index is 13.4. The van der Waals surface area contributed by atoms with Crippen LogP contribution in [0.2, 0.25) is 5.15 Å². The Kier molecular flexibility index (Phi) is 6.47. The van der Waals surface area contributed by atoms with Crippen molar-refractivity contribution in [3.63, 3.8) is 0 Å². The number of nitrogen functional groups attached to an aromatic ring is 2. The van der Waals surface area contributed by atoms with Crippen molar-refractivity contribution in [1.29, 1.82) is 0 Å². The Morgan fingerprint density at radius 2 is 1.97 bits per heavy atom. The van der Waals surface area contributed by atoms with Crippen LogP contribution in [0.1, 0.15) is 24.8 Å². The summed E-state index contributed by atoms with van der Waals surface area (Å²) in [6, 6.07) is 14.8. The smallest absolute Gasteiger partial charge is 0.294 e. The minimum atomic E-state index is -0.413. The minimum absolute atomic E-state index is 0.118. The van der Waals surface area contributed by atoms with E-state index in [1.165, 1.54) is 4.57 Å². The summed E-state index contributed by atoms with van der Waals surface area (Å²) in [5, 5.41) is 7.95. The summed E-state index contributed by atoms with van der Waals surface area (Å²) in [7, 11) is 0. The number of nitrogens with two attached hydrogens (primary N) is 2. The van der Waals surface area contributed by atoms with E-state index < -0.39 is 5.56 Å². The van der Waals surface area contributed by atoms with Crippen molar-refractivity contribution in [1.82, 2.24) is 19.9 Å². The summed E-state index contributed by atoms with van der Waals surface area (Å²) >= 11 is 6.56. The van der Waals surface area contributed by atoms with Crippen molar-refractivity contribution in [2.45, 2.75) is 38.4 Å². The third-order valence-corrected chi connectivity index (χ3v) is 6.65. The van der Waals surface area contributed by atoms with E-state index in [4.69, 9.17) is 23.1 Å².